The quantitative estimate of drug-likeness (QED) is 0.673. The summed E-state index contributed by atoms with van der Waals surface area (Å²) in [5.41, 5.74) is 0. The van der Waals surface area contributed by atoms with Crippen molar-refractivity contribution in [3.63, 3.8) is 0 Å². The Kier molecular flexibility index (Phi) is 5.30. The first-order chi connectivity index (χ1) is 7.13. The van der Waals surface area contributed by atoms with Gasteiger partial charge >= 0.3 is 0 Å². The highest BCUT2D eigenvalue weighted by molar-refractivity contribution is 5.82. The van der Waals surface area contributed by atoms with Crippen molar-refractivity contribution < 1.29 is 4.79 Å². The molecule has 0 spiro atoms. The Labute approximate surface area is 94.0 Å². The standard InChI is InChI=1S/C13H25NO/c1-4-14(10-11(2)3)9-8-12-6-5-7-13(12)15/h11-12H,4-10H2,1-3H3. The van der Waals surface area contributed by atoms with Gasteiger partial charge < -0.3 is 4.90 Å². The SMILES string of the molecule is CCN(CCC1CCCC1=O)CC(C)C. The summed E-state index contributed by atoms with van der Waals surface area (Å²) >= 11 is 0. The van der Waals surface area contributed by atoms with Gasteiger partial charge in [-0.3, -0.25) is 4.79 Å². The van der Waals surface area contributed by atoms with Crippen LogP contribution in [0.3, 0.4) is 0 Å². The van der Waals surface area contributed by atoms with Gasteiger partial charge in [0.05, 0.1) is 0 Å². The van der Waals surface area contributed by atoms with Crippen LogP contribution in [0.1, 0.15) is 46.5 Å². The minimum atomic E-state index is 0.381. The Morgan fingerprint density at radius 3 is 2.67 bits per heavy atom. The largest absolute Gasteiger partial charge is 0.303 e. The molecule has 0 saturated heterocycles. The summed E-state index contributed by atoms with van der Waals surface area (Å²) in [4.78, 5) is 13.9. The summed E-state index contributed by atoms with van der Waals surface area (Å²) in [6, 6.07) is 0. The summed E-state index contributed by atoms with van der Waals surface area (Å²) in [7, 11) is 0. The van der Waals surface area contributed by atoms with Crippen molar-refractivity contribution in [2.75, 3.05) is 19.6 Å². The maximum Gasteiger partial charge on any atom is 0.136 e. The molecule has 1 fully saturated rings. The van der Waals surface area contributed by atoms with Crippen LogP contribution in [0.15, 0.2) is 0 Å². The molecule has 1 aliphatic carbocycles. The molecular weight excluding hydrogens is 186 g/mol. The molecule has 0 N–H and O–H groups in total. The van der Waals surface area contributed by atoms with E-state index in [2.05, 4.69) is 25.7 Å². The number of nitrogens with zero attached hydrogens (tertiary/aromatic N) is 1. The van der Waals surface area contributed by atoms with E-state index in [4.69, 9.17) is 0 Å². The first kappa shape index (κ1) is 12.7. The summed E-state index contributed by atoms with van der Waals surface area (Å²) in [6.45, 7) is 10.1. The second kappa shape index (κ2) is 6.26. The second-order valence-electron chi connectivity index (χ2n) is 5.13. The Morgan fingerprint density at radius 2 is 2.20 bits per heavy atom. The number of hydrogen-bond donors (Lipinski definition) is 0. The maximum absolute atomic E-state index is 11.5. The van der Waals surface area contributed by atoms with Gasteiger partial charge in [0.25, 0.3) is 0 Å². The molecule has 2 heteroatoms. The third-order valence-electron chi connectivity index (χ3n) is 3.30. The predicted octanol–water partition coefficient (Wildman–Crippen LogP) is 2.72. The Balaban J connectivity index is 2.24. The lowest BCUT2D eigenvalue weighted by molar-refractivity contribution is -0.120. The van der Waals surface area contributed by atoms with E-state index in [0.29, 0.717) is 11.7 Å². The van der Waals surface area contributed by atoms with E-state index in [9.17, 15) is 4.79 Å². The maximum atomic E-state index is 11.5. The first-order valence-electron chi connectivity index (χ1n) is 6.38. The number of carbonyl (C=O) groups excluding carboxylic acids is 1. The second-order valence-corrected chi connectivity index (χ2v) is 5.13. The number of rotatable bonds is 6. The minimum absolute atomic E-state index is 0.381. The van der Waals surface area contributed by atoms with Gasteiger partial charge in [-0.2, -0.15) is 0 Å². The third kappa shape index (κ3) is 4.33. The molecule has 0 aromatic heterocycles. The van der Waals surface area contributed by atoms with Crippen LogP contribution in [0.25, 0.3) is 0 Å². The molecular formula is C13H25NO. The summed E-state index contributed by atoms with van der Waals surface area (Å²) < 4.78 is 0. The van der Waals surface area contributed by atoms with Gasteiger partial charge in [0.15, 0.2) is 0 Å². The van der Waals surface area contributed by atoms with E-state index >= 15 is 0 Å². The van der Waals surface area contributed by atoms with Gasteiger partial charge in [-0.05, 0) is 38.3 Å². The monoisotopic (exact) mass is 211 g/mol. The Bertz CT molecular complexity index is 201. The first-order valence-corrected chi connectivity index (χ1v) is 6.38. The van der Waals surface area contributed by atoms with Gasteiger partial charge in [0.1, 0.15) is 5.78 Å². The number of Topliss-reactive ketones (excluding diaryl/α,β-unsaturated/α-hetero) is 1. The van der Waals surface area contributed by atoms with Crippen LogP contribution in [0.5, 0.6) is 0 Å². The van der Waals surface area contributed by atoms with Crippen LogP contribution in [0.2, 0.25) is 0 Å². The highest BCUT2D eigenvalue weighted by Gasteiger charge is 2.24. The van der Waals surface area contributed by atoms with Crippen LogP contribution < -0.4 is 0 Å². The molecule has 0 aromatic rings. The van der Waals surface area contributed by atoms with E-state index in [0.717, 1.165) is 51.2 Å². The molecule has 0 heterocycles. The summed E-state index contributed by atoms with van der Waals surface area (Å²) in [5, 5.41) is 0. The third-order valence-corrected chi connectivity index (χ3v) is 3.30. The molecule has 1 rings (SSSR count). The van der Waals surface area contributed by atoms with E-state index in [-0.39, 0.29) is 0 Å². The highest BCUT2D eigenvalue weighted by Crippen LogP contribution is 2.24. The zero-order chi connectivity index (χ0) is 11.3. The van der Waals surface area contributed by atoms with Crippen LogP contribution in [-0.2, 0) is 4.79 Å². The average molecular weight is 211 g/mol. The molecule has 0 aliphatic heterocycles. The zero-order valence-corrected chi connectivity index (χ0v) is 10.5. The number of carbonyl (C=O) groups is 1. The number of hydrogen-bond acceptors (Lipinski definition) is 2. The van der Waals surface area contributed by atoms with Crippen molar-refractivity contribution in [1.82, 2.24) is 4.90 Å². The highest BCUT2D eigenvalue weighted by atomic mass is 16.1. The zero-order valence-electron chi connectivity index (χ0n) is 10.5. The normalized spacial score (nSPS) is 21.9. The molecule has 1 aliphatic rings. The van der Waals surface area contributed by atoms with Crippen molar-refractivity contribution in [2.45, 2.75) is 46.5 Å². The predicted molar refractivity (Wildman–Crippen MR) is 63.9 cm³/mol. The summed E-state index contributed by atoms with van der Waals surface area (Å²) in [5.74, 6) is 1.62. The van der Waals surface area contributed by atoms with Crippen LogP contribution >= 0.6 is 0 Å². The van der Waals surface area contributed by atoms with Gasteiger partial charge in [-0.15, -0.1) is 0 Å². The Hall–Kier alpha value is -0.370. The van der Waals surface area contributed by atoms with Crippen molar-refractivity contribution in [3.8, 4) is 0 Å². The van der Waals surface area contributed by atoms with E-state index in [1.54, 1.807) is 0 Å². The Morgan fingerprint density at radius 1 is 1.47 bits per heavy atom. The van der Waals surface area contributed by atoms with E-state index in [1.807, 2.05) is 0 Å². The van der Waals surface area contributed by atoms with E-state index in [1.165, 1.54) is 0 Å². The van der Waals surface area contributed by atoms with Crippen molar-refractivity contribution in [3.05, 3.63) is 0 Å². The summed E-state index contributed by atoms with van der Waals surface area (Å²) in [6.07, 6.45) is 4.18. The fourth-order valence-corrected chi connectivity index (χ4v) is 2.43. The molecule has 2 nitrogen and oxygen atoms in total. The fourth-order valence-electron chi connectivity index (χ4n) is 2.43. The average Bonchev–Trinajstić information content (AvgIpc) is 2.58. The molecule has 0 radical (unpaired) electrons. The van der Waals surface area contributed by atoms with Crippen LogP contribution in [0, 0.1) is 11.8 Å². The van der Waals surface area contributed by atoms with E-state index < -0.39 is 0 Å². The van der Waals surface area contributed by atoms with Gasteiger partial charge in [0, 0.05) is 18.9 Å². The number of ketones is 1. The molecule has 1 unspecified atom stereocenters. The molecule has 1 saturated carbocycles. The van der Waals surface area contributed by atoms with Gasteiger partial charge in [0.2, 0.25) is 0 Å². The van der Waals surface area contributed by atoms with Crippen LogP contribution in [0.4, 0.5) is 0 Å². The fraction of sp³-hybridized carbons (Fsp3) is 0.923. The smallest absolute Gasteiger partial charge is 0.136 e. The minimum Gasteiger partial charge on any atom is -0.303 e. The molecule has 88 valence electrons. The molecule has 1 atom stereocenters. The lowest BCUT2D eigenvalue weighted by atomic mass is 10.0. The molecule has 0 bridgehead atoms. The molecule has 0 aromatic carbocycles. The lowest BCUT2D eigenvalue weighted by Crippen LogP contribution is -2.30. The van der Waals surface area contributed by atoms with Crippen molar-refractivity contribution >= 4 is 5.78 Å². The molecule has 0 amide bonds. The lowest BCUT2D eigenvalue weighted by Gasteiger charge is -2.23. The van der Waals surface area contributed by atoms with Crippen LogP contribution in [-0.4, -0.2) is 30.3 Å². The molecule has 15 heavy (non-hydrogen) atoms. The van der Waals surface area contributed by atoms with Gasteiger partial charge in [-0.25, -0.2) is 0 Å². The topological polar surface area (TPSA) is 20.3 Å². The van der Waals surface area contributed by atoms with Crippen molar-refractivity contribution in [1.29, 1.82) is 0 Å². The van der Waals surface area contributed by atoms with Crippen molar-refractivity contribution in [2.24, 2.45) is 11.8 Å². The van der Waals surface area contributed by atoms with Gasteiger partial charge in [-0.1, -0.05) is 20.8 Å².